The minimum absolute atomic E-state index is 0.131. The van der Waals surface area contributed by atoms with Gasteiger partial charge in [-0.2, -0.15) is 4.31 Å². The number of amides is 1. The van der Waals surface area contributed by atoms with Crippen LogP contribution >= 0.6 is 0 Å². The number of carbonyl (C=O) groups is 1. The van der Waals surface area contributed by atoms with Crippen molar-refractivity contribution in [2.45, 2.75) is 45.4 Å². The third-order valence-electron chi connectivity index (χ3n) is 6.01. The van der Waals surface area contributed by atoms with Crippen molar-refractivity contribution in [3.05, 3.63) is 57.9 Å². The third kappa shape index (κ3) is 4.34. The van der Waals surface area contributed by atoms with E-state index in [1.807, 2.05) is 19.9 Å². The normalized spacial score (nSPS) is 15.8. The number of halogens is 3. The van der Waals surface area contributed by atoms with E-state index in [1.165, 1.54) is 4.31 Å². The summed E-state index contributed by atoms with van der Waals surface area (Å²) < 4.78 is 68.2. The van der Waals surface area contributed by atoms with Crippen LogP contribution in [0.15, 0.2) is 23.1 Å². The van der Waals surface area contributed by atoms with Gasteiger partial charge in [-0.05, 0) is 74.9 Å². The Balaban J connectivity index is 1.74. The number of hydrogen-bond donors (Lipinski definition) is 1. The molecule has 0 atom stereocenters. The smallest absolute Gasteiger partial charge is 0.243 e. The van der Waals surface area contributed by atoms with Gasteiger partial charge in [0.25, 0.3) is 0 Å². The summed E-state index contributed by atoms with van der Waals surface area (Å²) in [6.07, 6.45) is 0.471. The topological polar surface area (TPSA) is 66.5 Å². The van der Waals surface area contributed by atoms with Gasteiger partial charge in [-0.25, -0.2) is 21.6 Å². The zero-order valence-electron chi connectivity index (χ0n) is 17.9. The first kappa shape index (κ1) is 23.3. The number of nitrogens with one attached hydrogen (secondary N) is 1. The molecule has 1 fully saturated rings. The second kappa shape index (κ2) is 8.63. The summed E-state index contributed by atoms with van der Waals surface area (Å²) in [5, 5.41) is 2.28. The first-order valence-corrected chi connectivity index (χ1v) is 11.4. The predicted octanol–water partition coefficient (Wildman–Crippen LogP) is 4.38. The van der Waals surface area contributed by atoms with E-state index in [9.17, 15) is 26.4 Å². The summed E-state index contributed by atoms with van der Waals surface area (Å²) in [7, 11) is -3.74. The molecule has 31 heavy (non-hydrogen) atoms. The molecule has 1 aliphatic heterocycles. The predicted molar refractivity (Wildman–Crippen MR) is 112 cm³/mol. The molecule has 0 spiro atoms. The highest BCUT2D eigenvalue weighted by atomic mass is 32.2. The van der Waals surface area contributed by atoms with Crippen molar-refractivity contribution in [2.75, 3.05) is 18.4 Å². The van der Waals surface area contributed by atoms with Gasteiger partial charge in [-0.3, -0.25) is 4.79 Å². The molecule has 0 radical (unpaired) electrons. The van der Waals surface area contributed by atoms with Gasteiger partial charge in [0.05, 0.1) is 10.6 Å². The SMILES string of the molecule is Cc1cc(C)c(C)c(S(=O)(=O)N2CCC(C(=O)Nc3ccc(F)c(F)c3F)CC2)c1C. The highest BCUT2D eigenvalue weighted by molar-refractivity contribution is 7.89. The summed E-state index contributed by atoms with van der Waals surface area (Å²) in [5.74, 6) is -5.58. The average molecular weight is 455 g/mol. The largest absolute Gasteiger partial charge is 0.323 e. The summed E-state index contributed by atoms with van der Waals surface area (Å²) >= 11 is 0. The molecule has 0 bridgehead atoms. The molecule has 9 heteroatoms. The molecule has 1 heterocycles. The second-order valence-electron chi connectivity index (χ2n) is 7.98. The van der Waals surface area contributed by atoms with Crippen LogP contribution in [0.5, 0.6) is 0 Å². The maximum atomic E-state index is 13.8. The fourth-order valence-corrected chi connectivity index (χ4v) is 5.96. The Morgan fingerprint density at radius 1 is 0.968 bits per heavy atom. The Morgan fingerprint density at radius 2 is 1.52 bits per heavy atom. The molecule has 1 aliphatic rings. The third-order valence-corrected chi connectivity index (χ3v) is 8.19. The summed E-state index contributed by atoms with van der Waals surface area (Å²) in [5.41, 5.74) is 2.75. The van der Waals surface area contributed by atoms with Crippen molar-refractivity contribution >= 4 is 21.6 Å². The van der Waals surface area contributed by atoms with Gasteiger partial charge in [0, 0.05) is 19.0 Å². The highest BCUT2D eigenvalue weighted by Crippen LogP contribution is 2.31. The fraction of sp³-hybridized carbons (Fsp3) is 0.409. The highest BCUT2D eigenvalue weighted by Gasteiger charge is 2.34. The molecule has 3 rings (SSSR count). The molecule has 0 saturated carbocycles. The van der Waals surface area contributed by atoms with E-state index in [2.05, 4.69) is 5.32 Å². The molecule has 2 aromatic rings. The molecular formula is C22H25F3N2O3S. The first-order chi connectivity index (χ1) is 14.4. The lowest BCUT2D eigenvalue weighted by atomic mass is 9.97. The van der Waals surface area contributed by atoms with E-state index in [4.69, 9.17) is 0 Å². The molecule has 1 N–H and O–H groups in total. The maximum Gasteiger partial charge on any atom is 0.243 e. The van der Waals surface area contributed by atoms with E-state index in [1.54, 1.807) is 13.8 Å². The zero-order chi connectivity index (χ0) is 23.1. The van der Waals surface area contributed by atoms with Crippen molar-refractivity contribution in [1.29, 1.82) is 0 Å². The van der Waals surface area contributed by atoms with Crippen LogP contribution < -0.4 is 5.32 Å². The second-order valence-corrected chi connectivity index (χ2v) is 9.85. The number of hydrogen-bond acceptors (Lipinski definition) is 3. The van der Waals surface area contributed by atoms with Gasteiger partial charge in [0.15, 0.2) is 17.5 Å². The van der Waals surface area contributed by atoms with Gasteiger partial charge >= 0.3 is 0 Å². The Hall–Kier alpha value is -2.39. The number of carbonyl (C=O) groups excluding carboxylic acids is 1. The van der Waals surface area contributed by atoms with Crippen molar-refractivity contribution in [2.24, 2.45) is 5.92 Å². The van der Waals surface area contributed by atoms with Crippen molar-refractivity contribution in [1.82, 2.24) is 4.31 Å². The minimum Gasteiger partial charge on any atom is -0.323 e. The molecule has 1 amide bonds. The van der Waals surface area contributed by atoms with Crippen LogP contribution in [0.2, 0.25) is 0 Å². The van der Waals surface area contributed by atoms with Crippen molar-refractivity contribution in [3.63, 3.8) is 0 Å². The molecule has 2 aromatic carbocycles. The fourth-order valence-electron chi connectivity index (χ4n) is 3.91. The van der Waals surface area contributed by atoms with Crippen LogP contribution in [0.1, 0.15) is 35.1 Å². The molecule has 0 aliphatic carbocycles. The van der Waals surface area contributed by atoms with Crippen LogP contribution in [0.4, 0.5) is 18.9 Å². The first-order valence-electron chi connectivity index (χ1n) is 9.97. The Labute approximate surface area is 180 Å². The number of nitrogens with zero attached hydrogens (tertiary/aromatic N) is 1. The van der Waals surface area contributed by atoms with Gasteiger partial charge in [-0.1, -0.05) is 6.07 Å². The monoisotopic (exact) mass is 454 g/mol. The van der Waals surface area contributed by atoms with Crippen molar-refractivity contribution in [3.8, 4) is 0 Å². The lowest BCUT2D eigenvalue weighted by Crippen LogP contribution is -2.42. The van der Waals surface area contributed by atoms with Crippen LogP contribution in [0.3, 0.4) is 0 Å². The van der Waals surface area contributed by atoms with Gasteiger partial charge < -0.3 is 5.32 Å². The summed E-state index contributed by atoms with van der Waals surface area (Å²) in [6, 6.07) is 3.65. The van der Waals surface area contributed by atoms with E-state index in [0.717, 1.165) is 23.3 Å². The lowest BCUT2D eigenvalue weighted by molar-refractivity contribution is -0.120. The van der Waals surface area contributed by atoms with Gasteiger partial charge in [-0.15, -0.1) is 0 Å². The van der Waals surface area contributed by atoms with Crippen LogP contribution in [-0.4, -0.2) is 31.7 Å². The van der Waals surface area contributed by atoms with E-state index < -0.39 is 45.0 Å². The number of aryl methyl sites for hydroxylation is 2. The Bertz CT molecular complexity index is 1120. The summed E-state index contributed by atoms with van der Waals surface area (Å²) in [4.78, 5) is 12.8. The maximum absolute atomic E-state index is 13.8. The van der Waals surface area contributed by atoms with Gasteiger partial charge in [0.1, 0.15) is 0 Å². The molecule has 0 aromatic heterocycles. The average Bonchev–Trinajstić information content (AvgIpc) is 2.73. The Morgan fingerprint density at radius 3 is 2.06 bits per heavy atom. The molecule has 168 valence electrons. The number of anilines is 1. The van der Waals surface area contributed by atoms with Crippen LogP contribution in [0, 0.1) is 51.1 Å². The standard InChI is InChI=1S/C22H25F3N2O3S/c1-12-11-13(2)15(4)21(14(12)3)31(29,30)27-9-7-16(8-10-27)22(28)26-18-6-5-17(23)19(24)20(18)25/h5-6,11,16H,7-10H2,1-4H3,(H,26,28). The van der Waals surface area contributed by atoms with Crippen LogP contribution in [-0.2, 0) is 14.8 Å². The number of benzene rings is 2. The van der Waals surface area contributed by atoms with Gasteiger partial charge in [0.2, 0.25) is 15.9 Å². The lowest BCUT2D eigenvalue weighted by Gasteiger charge is -2.31. The summed E-state index contributed by atoms with van der Waals surface area (Å²) in [6.45, 7) is 7.57. The number of sulfonamides is 1. The number of rotatable bonds is 4. The molecule has 5 nitrogen and oxygen atoms in total. The van der Waals surface area contributed by atoms with E-state index >= 15 is 0 Å². The van der Waals surface area contributed by atoms with Crippen LogP contribution in [0.25, 0.3) is 0 Å². The molecule has 0 unspecified atom stereocenters. The number of piperidine rings is 1. The minimum atomic E-state index is -3.74. The van der Waals surface area contributed by atoms with E-state index in [0.29, 0.717) is 16.0 Å². The quantitative estimate of drug-likeness (QED) is 0.698. The Kier molecular flexibility index (Phi) is 6.48. The van der Waals surface area contributed by atoms with E-state index in [-0.39, 0.29) is 25.9 Å². The zero-order valence-corrected chi connectivity index (χ0v) is 18.7. The molecular weight excluding hydrogens is 429 g/mol. The molecule has 1 saturated heterocycles. The van der Waals surface area contributed by atoms with Crippen molar-refractivity contribution < 1.29 is 26.4 Å².